The maximum atomic E-state index is 4.35. The molecule has 0 amide bonds. The van der Waals surface area contributed by atoms with Crippen molar-refractivity contribution in [3.63, 3.8) is 0 Å². The second kappa shape index (κ2) is 7.03. The minimum absolute atomic E-state index is 0.0503. The lowest BCUT2D eigenvalue weighted by atomic mass is 9.99. The number of hydrogen-bond donors (Lipinski definition) is 0. The Morgan fingerprint density at radius 1 is 0.818 bits per heavy atom. The molecule has 0 radical (unpaired) electrons. The Hall–Kier alpha value is -1.72. The molecule has 0 fully saturated rings. The maximum Gasteiger partial charge on any atom is 0.137 e. The normalized spacial score (nSPS) is 11.0. The van der Waals surface area contributed by atoms with Crippen molar-refractivity contribution >= 4 is 23.5 Å². The maximum absolute atomic E-state index is 4.35. The van der Waals surface area contributed by atoms with Crippen LogP contribution in [0.25, 0.3) is 0 Å². The molecule has 3 rings (SSSR count). The summed E-state index contributed by atoms with van der Waals surface area (Å²) in [7, 11) is 0. The van der Waals surface area contributed by atoms with Crippen molar-refractivity contribution in [3.05, 3.63) is 72.3 Å². The molecule has 0 saturated carbocycles. The van der Waals surface area contributed by atoms with Gasteiger partial charge in [-0.3, -0.25) is 0 Å². The highest BCUT2D eigenvalue weighted by atomic mass is 32.2. The number of benzene rings is 2. The quantitative estimate of drug-likeness (QED) is 0.652. The van der Waals surface area contributed by atoms with Gasteiger partial charge in [-0.1, -0.05) is 24.3 Å². The first-order valence-electron chi connectivity index (χ1n) is 6.94. The van der Waals surface area contributed by atoms with Crippen LogP contribution in [0.4, 0.5) is 0 Å². The summed E-state index contributed by atoms with van der Waals surface area (Å²) in [6.07, 6.45) is 7.53. The number of rotatable bonds is 5. The van der Waals surface area contributed by atoms with Gasteiger partial charge in [0.2, 0.25) is 0 Å². The largest absolute Gasteiger partial charge is 0.241 e. The molecule has 1 aromatic heterocycles. The molecule has 0 saturated heterocycles. The predicted octanol–water partition coefficient (Wildman–Crippen LogP) is 4.36. The van der Waals surface area contributed by atoms with E-state index in [1.807, 2.05) is 4.68 Å². The molecule has 3 aromatic rings. The standard InChI is InChI=1S/C17H17N3S2/c1-21-15-7-3-13(4-8-15)17(20-12-18-11-19-20)14-5-9-16(22-2)10-6-14/h3-12,17H,1-2H3. The first-order chi connectivity index (χ1) is 10.8. The Balaban J connectivity index is 2.02. The van der Waals surface area contributed by atoms with Crippen LogP contribution in [0, 0.1) is 0 Å². The summed E-state index contributed by atoms with van der Waals surface area (Å²) in [4.78, 5) is 6.63. The van der Waals surface area contributed by atoms with Gasteiger partial charge in [-0.05, 0) is 47.9 Å². The molecule has 22 heavy (non-hydrogen) atoms. The smallest absolute Gasteiger partial charge is 0.137 e. The van der Waals surface area contributed by atoms with Gasteiger partial charge >= 0.3 is 0 Å². The number of thioether (sulfide) groups is 2. The van der Waals surface area contributed by atoms with Crippen LogP contribution in [0.2, 0.25) is 0 Å². The Kier molecular flexibility index (Phi) is 4.85. The Morgan fingerprint density at radius 2 is 1.32 bits per heavy atom. The third-order valence-corrected chi connectivity index (χ3v) is 5.05. The van der Waals surface area contributed by atoms with Crippen LogP contribution >= 0.6 is 23.5 Å². The molecule has 0 aliphatic heterocycles. The first kappa shape index (κ1) is 15.2. The Morgan fingerprint density at radius 3 is 1.68 bits per heavy atom. The van der Waals surface area contributed by atoms with Gasteiger partial charge in [0.25, 0.3) is 0 Å². The molecule has 0 N–H and O–H groups in total. The third-order valence-electron chi connectivity index (χ3n) is 3.56. The fraction of sp³-hybridized carbons (Fsp3) is 0.176. The van der Waals surface area contributed by atoms with Crippen molar-refractivity contribution in [1.29, 1.82) is 0 Å². The third kappa shape index (κ3) is 3.20. The van der Waals surface area contributed by atoms with Gasteiger partial charge in [0.15, 0.2) is 0 Å². The van der Waals surface area contributed by atoms with Gasteiger partial charge in [-0.15, -0.1) is 23.5 Å². The van der Waals surface area contributed by atoms with E-state index in [1.54, 1.807) is 36.2 Å². The second-order valence-corrected chi connectivity index (χ2v) is 6.58. The zero-order valence-electron chi connectivity index (χ0n) is 12.5. The number of nitrogens with zero attached hydrogens (tertiary/aromatic N) is 3. The molecule has 2 aromatic carbocycles. The highest BCUT2D eigenvalue weighted by Crippen LogP contribution is 2.28. The first-order valence-corrected chi connectivity index (χ1v) is 9.39. The topological polar surface area (TPSA) is 30.7 Å². The van der Waals surface area contributed by atoms with E-state index in [9.17, 15) is 0 Å². The average molecular weight is 327 g/mol. The lowest BCUT2D eigenvalue weighted by Gasteiger charge is -2.18. The fourth-order valence-electron chi connectivity index (χ4n) is 2.42. The van der Waals surface area contributed by atoms with E-state index in [0.717, 1.165) is 0 Å². The van der Waals surface area contributed by atoms with Crippen molar-refractivity contribution in [2.45, 2.75) is 15.8 Å². The van der Waals surface area contributed by atoms with Crippen LogP contribution in [0.15, 0.2) is 71.0 Å². The summed E-state index contributed by atoms with van der Waals surface area (Å²) in [6.45, 7) is 0. The Bertz CT molecular complexity index is 659. The monoisotopic (exact) mass is 327 g/mol. The zero-order chi connectivity index (χ0) is 15.4. The van der Waals surface area contributed by atoms with Gasteiger partial charge in [0, 0.05) is 9.79 Å². The second-order valence-electron chi connectivity index (χ2n) is 4.82. The average Bonchev–Trinajstić information content (AvgIpc) is 3.10. The number of aromatic nitrogens is 3. The fourth-order valence-corrected chi connectivity index (χ4v) is 3.24. The zero-order valence-corrected chi connectivity index (χ0v) is 14.1. The highest BCUT2D eigenvalue weighted by molar-refractivity contribution is 7.98. The molecule has 5 heteroatoms. The molecule has 112 valence electrons. The van der Waals surface area contributed by atoms with E-state index >= 15 is 0 Å². The van der Waals surface area contributed by atoms with E-state index in [0.29, 0.717) is 0 Å². The van der Waals surface area contributed by atoms with E-state index in [4.69, 9.17) is 0 Å². The molecular weight excluding hydrogens is 310 g/mol. The van der Waals surface area contributed by atoms with Gasteiger partial charge in [0.05, 0.1) is 0 Å². The van der Waals surface area contributed by atoms with Gasteiger partial charge < -0.3 is 0 Å². The predicted molar refractivity (Wildman–Crippen MR) is 93.7 cm³/mol. The molecule has 3 nitrogen and oxygen atoms in total. The van der Waals surface area contributed by atoms with Gasteiger partial charge in [-0.2, -0.15) is 5.10 Å². The lowest BCUT2D eigenvalue weighted by Crippen LogP contribution is -2.12. The van der Waals surface area contributed by atoms with Crippen LogP contribution in [0.5, 0.6) is 0 Å². The molecule has 0 bridgehead atoms. The molecule has 0 spiro atoms. The molecule has 0 atom stereocenters. The van der Waals surface area contributed by atoms with Crippen LogP contribution in [-0.2, 0) is 0 Å². The number of hydrogen-bond acceptors (Lipinski definition) is 4. The summed E-state index contributed by atoms with van der Waals surface area (Å²) in [6, 6.07) is 17.3. The van der Waals surface area contributed by atoms with Crippen molar-refractivity contribution in [1.82, 2.24) is 14.8 Å². The van der Waals surface area contributed by atoms with Gasteiger partial charge in [0.1, 0.15) is 18.7 Å². The minimum Gasteiger partial charge on any atom is -0.241 e. The SMILES string of the molecule is CSc1ccc(C(c2ccc(SC)cc2)n2cncn2)cc1. The van der Waals surface area contributed by atoms with E-state index in [2.05, 4.69) is 71.1 Å². The van der Waals surface area contributed by atoms with Gasteiger partial charge in [-0.25, -0.2) is 9.67 Å². The molecule has 0 aliphatic carbocycles. The van der Waals surface area contributed by atoms with Crippen molar-refractivity contribution in [2.24, 2.45) is 0 Å². The van der Waals surface area contributed by atoms with E-state index in [-0.39, 0.29) is 6.04 Å². The molecule has 1 heterocycles. The summed E-state index contributed by atoms with van der Waals surface area (Å²) in [5.41, 5.74) is 2.42. The summed E-state index contributed by atoms with van der Waals surface area (Å²) in [5.74, 6) is 0. The van der Waals surface area contributed by atoms with Crippen LogP contribution in [0.1, 0.15) is 17.2 Å². The van der Waals surface area contributed by atoms with E-state index < -0.39 is 0 Å². The van der Waals surface area contributed by atoms with Crippen LogP contribution in [-0.4, -0.2) is 27.3 Å². The lowest BCUT2D eigenvalue weighted by molar-refractivity contribution is 0.593. The molecular formula is C17H17N3S2. The van der Waals surface area contributed by atoms with Crippen molar-refractivity contribution in [2.75, 3.05) is 12.5 Å². The van der Waals surface area contributed by atoms with Crippen molar-refractivity contribution in [3.8, 4) is 0 Å². The van der Waals surface area contributed by atoms with E-state index in [1.165, 1.54) is 20.9 Å². The molecule has 0 aliphatic rings. The summed E-state index contributed by atoms with van der Waals surface area (Å²) in [5, 5.41) is 4.35. The minimum atomic E-state index is 0.0503. The molecule has 0 unspecified atom stereocenters. The van der Waals surface area contributed by atoms with Crippen LogP contribution in [0.3, 0.4) is 0 Å². The Labute approximate surface area is 139 Å². The summed E-state index contributed by atoms with van der Waals surface area (Å²) < 4.78 is 1.90. The summed E-state index contributed by atoms with van der Waals surface area (Å²) >= 11 is 3.50. The highest BCUT2D eigenvalue weighted by Gasteiger charge is 2.17. The van der Waals surface area contributed by atoms with Crippen LogP contribution < -0.4 is 0 Å². The van der Waals surface area contributed by atoms with Crippen molar-refractivity contribution < 1.29 is 0 Å².